The Bertz CT molecular complexity index is 667. The van der Waals surface area contributed by atoms with E-state index in [1.165, 1.54) is 4.31 Å². The molecule has 3 N–H and O–H groups in total. The molecule has 10 heteroatoms. The monoisotopic (exact) mass is 486 g/mol. The second-order valence-electron chi connectivity index (χ2n) is 5.04. The molecule has 1 rings (SSSR count). The number of aliphatic imine (C=N–C) groups is 1. The zero-order valence-electron chi connectivity index (χ0n) is 15.0. The van der Waals surface area contributed by atoms with Gasteiger partial charge in [0.1, 0.15) is 0 Å². The fraction of sp³-hybridized carbons (Fsp3) is 0.533. The number of sulfonamides is 1. The maximum Gasteiger partial charge on any atom is 0.213 e. The molecule has 0 fully saturated rings. The zero-order chi connectivity index (χ0) is 18.2. The SMILES string of the molecule is CCS(=O)(=O)N(C)CCCN=C(N)Nc1ccc(OC)c(OC)c1.I. The molecule has 0 saturated heterocycles. The smallest absolute Gasteiger partial charge is 0.213 e. The number of hydrogen-bond acceptors (Lipinski definition) is 5. The van der Waals surface area contributed by atoms with Crippen LogP contribution in [0, 0.1) is 0 Å². The first-order valence-corrected chi connectivity index (χ1v) is 9.18. The molecule has 0 aliphatic heterocycles. The lowest BCUT2D eigenvalue weighted by Crippen LogP contribution is -2.30. The van der Waals surface area contributed by atoms with E-state index in [4.69, 9.17) is 15.2 Å². The van der Waals surface area contributed by atoms with Crippen molar-refractivity contribution in [1.29, 1.82) is 0 Å². The Balaban J connectivity index is 0.00000576. The van der Waals surface area contributed by atoms with Crippen molar-refractivity contribution in [3.05, 3.63) is 18.2 Å². The van der Waals surface area contributed by atoms with Gasteiger partial charge in [0, 0.05) is 31.9 Å². The Morgan fingerprint density at radius 2 is 1.92 bits per heavy atom. The largest absolute Gasteiger partial charge is 0.493 e. The molecule has 0 radical (unpaired) electrons. The number of rotatable bonds is 9. The summed E-state index contributed by atoms with van der Waals surface area (Å²) in [7, 11) is 1.54. The standard InChI is InChI=1S/C15H26N4O4S.HI/c1-5-24(20,21)19(2)10-6-9-17-15(16)18-12-7-8-13(22-3)14(11-12)23-4;/h7-8,11H,5-6,9-10H2,1-4H3,(H3,16,17,18);1H. The molecule has 0 unspecified atom stereocenters. The van der Waals surface area contributed by atoms with E-state index < -0.39 is 10.0 Å². The van der Waals surface area contributed by atoms with E-state index in [0.29, 0.717) is 31.0 Å². The van der Waals surface area contributed by atoms with Crippen molar-refractivity contribution in [3.8, 4) is 11.5 Å². The number of anilines is 1. The number of hydrogen-bond donors (Lipinski definition) is 2. The number of methoxy groups -OCH3 is 2. The van der Waals surface area contributed by atoms with Crippen molar-refractivity contribution in [3.63, 3.8) is 0 Å². The summed E-state index contributed by atoms with van der Waals surface area (Å²) in [6, 6.07) is 5.31. The Hall–Kier alpha value is -1.27. The number of halogens is 1. The Labute approximate surface area is 166 Å². The van der Waals surface area contributed by atoms with E-state index in [1.54, 1.807) is 46.4 Å². The van der Waals surface area contributed by atoms with Gasteiger partial charge in [0.15, 0.2) is 17.5 Å². The Morgan fingerprint density at radius 3 is 2.48 bits per heavy atom. The van der Waals surface area contributed by atoms with Crippen LogP contribution in [0.25, 0.3) is 0 Å². The molecule has 25 heavy (non-hydrogen) atoms. The van der Waals surface area contributed by atoms with Crippen LogP contribution >= 0.6 is 24.0 Å². The predicted octanol–water partition coefficient (Wildman–Crippen LogP) is 1.72. The minimum atomic E-state index is -3.15. The van der Waals surface area contributed by atoms with E-state index in [0.717, 1.165) is 5.69 Å². The Morgan fingerprint density at radius 1 is 1.28 bits per heavy atom. The Kier molecular flexibility index (Phi) is 10.8. The lowest BCUT2D eigenvalue weighted by molar-refractivity contribution is 0.355. The van der Waals surface area contributed by atoms with Crippen LogP contribution in [0.2, 0.25) is 0 Å². The molecular formula is C15H27IN4O4S. The van der Waals surface area contributed by atoms with Crippen LogP contribution in [0.3, 0.4) is 0 Å². The highest BCUT2D eigenvalue weighted by molar-refractivity contribution is 14.0. The third-order valence-corrected chi connectivity index (χ3v) is 5.27. The molecular weight excluding hydrogens is 459 g/mol. The van der Waals surface area contributed by atoms with E-state index in [1.807, 2.05) is 0 Å². The molecule has 0 atom stereocenters. The lowest BCUT2D eigenvalue weighted by Gasteiger charge is -2.15. The quantitative estimate of drug-likeness (QED) is 0.238. The van der Waals surface area contributed by atoms with Crippen molar-refractivity contribution < 1.29 is 17.9 Å². The number of guanidine groups is 1. The van der Waals surface area contributed by atoms with Crippen molar-refractivity contribution >= 4 is 45.6 Å². The first kappa shape index (κ1) is 23.7. The fourth-order valence-corrected chi connectivity index (χ4v) is 2.80. The second kappa shape index (κ2) is 11.4. The molecule has 1 aromatic rings. The molecule has 0 aliphatic rings. The number of nitrogens with one attached hydrogen (secondary N) is 1. The van der Waals surface area contributed by atoms with Crippen molar-refractivity contribution in [2.75, 3.05) is 45.4 Å². The number of benzene rings is 1. The van der Waals surface area contributed by atoms with E-state index in [2.05, 4.69) is 10.3 Å². The average molecular weight is 486 g/mol. The first-order chi connectivity index (χ1) is 11.3. The fourth-order valence-electron chi connectivity index (χ4n) is 1.95. The summed E-state index contributed by atoms with van der Waals surface area (Å²) in [6.45, 7) is 2.45. The molecule has 0 saturated carbocycles. The molecule has 144 valence electrons. The first-order valence-electron chi connectivity index (χ1n) is 7.57. The van der Waals surface area contributed by atoms with Crippen molar-refractivity contribution in [2.24, 2.45) is 10.7 Å². The maximum atomic E-state index is 11.6. The minimum absolute atomic E-state index is 0. The van der Waals surface area contributed by atoms with Gasteiger partial charge in [-0.15, -0.1) is 24.0 Å². The summed E-state index contributed by atoms with van der Waals surface area (Å²) >= 11 is 0. The van der Waals surface area contributed by atoms with Crippen LogP contribution < -0.4 is 20.5 Å². The van der Waals surface area contributed by atoms with E-state index in [-0.39, 0.29) is 35.7 Å². The number of ether oxygens (including phenoxy) is 2. The van der Waals surface area contributed by atoms with Gasteiger partial charge in [-0.2, -0.15) is 0 Å². The van der Waals surface area contributed by atoms with Gasteiger partial charge in [-0.3, -0.25) is 4.99 Å². The van der Waals surface area contributed by atoms with Crippen molar-refractivity contribution in [2.45, 2.75) is 13.3 Å². The zero-order valence-corrected chi connectivity index (χ0v) is 18.1. The highest BCUT2D eigenvalue weighted by Crippen LogP contribution is 2.29. The van der Waals surface area contributed by atoms with Crippen LogP contribution in [-0.4, -0.2) is 58.8 Å². The molecule has 1 aromatic carbocycles. The van der Waals surface area contributed by atoms with Gasteiger partial charge in [0.05, 0.1) is 20.0 Å². The molecule has 0 heterocycles. The molecule has 0 amide bonds. The average Bonchev–Trinajstić information content (AvgIpc) is 2.58. The molecule has 0 aliphatic carbocycles. The topological polar surface area (TPSA) is 106 Å². The normalized spacial score (nSPS) is 11.8. The molecule has 0 spiro atoms. The summed E-state index contributed by atoms with van der Waals surface area (Å²) in [5.74, 6) is 1.55. The van der Waals surface area contributed by atoms with Crippen LogP contribution in [0.15, 0.2) is 23.2 Å². The number of nitrogens with zero attached hydrogens (tertiary/aromatic N) is 2. The third-order valence-electron chi connectivity index (χ3n) is 3.41. The van der Waals surface area contributed by atoms with E-state index in [9.17, 15) is 8.42 Å². The van der Waals surface area contributed by atoms with Gasteiger partial charge < -0.3 is 20.5 Å². The third kappa shape index (κ3) is 7.65. The van der Waals surface area contributed by atoms with Crippen LogP contribution in [-0.2, 0) is 10.0 Å². The van der Waals surface area contributed by atoms with Crippen LogP contribution in [0.4, 0.5) is 5.69 Å². The summed E-state index contributed by atoms with van der Waals surface area (Å²) < 4.78 is 34.9. The van der Waals surface area contributed by atoms with Gasteiger partial charge >= 0.3 is 0 Å². The van der Waals surface area contributed by atoms with Gasteiger partial charge in [-0.25, -0.2) is 12.7 Å². The van der Waals surface area contributed by atoms with Crippen molar-refractivity contribution in [1.82, 2.24) is 4.31 Å². The highest BCUT2D eigenvalue weighted by Gasteiger charge is 2.13. The minimum Gasteiger partial charge on any atom is -0.493 e. The predicted molar refractivity (Wildman–Crippen MR) is 112 cm³/mol. The summed E-state index contributed by atoms with van der Waals surface area (Å²) in [5, 5.41) is 2.96. The molecule has 8 nitrogen and oxygen atoms in total. The van der Waals surface area contributed by atoms with E-state index >= 15 is 0 Å². The highest BCUT2D eigenvalue weighted by atomic mass is 127. The number of nitrogens with two attached hydrogens (primary N) is 1. The second-order valence-corrected chi connectivity index (χ2v) is 7.40. The maximum absolute atomic E-state index is 11.6. The van der Waals surface area contributed by atoms with Gasteiger partial charge in [-0.1, -0.05) is 0 Å². The van der Waals surface area contributed by atoms with Gasteiger partial charge in [0.2, 0.25) is 10.0 Å². The molecule has 0 bridgehead atoms. The lowest BCUT2D eigenvalue weighted by atomic mass is 10.3. The summed E-state index contributed by atoms with van der Waals surface area (Å²) in [6.07, 6.45) is 0.587. The van der Waals surface area contributed by atoms with Gasteiger partial charge in [-0.05, 0) is 25.5 Å². The summed E-state index contributed by atoms with van der Waals surface area (Å²) in [4.78, 5) is 4.19. The van der Waals surface area contributed by atoms with Crippen LogP contribution in [0.5, 0.6) is 11.5 Å². The summed E-state index contributed by atoms with van der Waals surface area (Å²) in [5.41, 5.74) is 6.55. The van der Waals surface area contributed by atoms with Gasteiger partial charge in [0.25, 0.3) is 0 Å². The molecule has 0 aromatic heterocycles. The van der Waals surface area contributed by atoms with Crippen LogP contribution in [0.1, 0.15) is 13.3 Å².